The number of hydrogen-bond donors (Lipinski definition) is 0. The number of rotatable bonds is 7. The van der Waals surface area contributed by atoms with E-state index in [1.54, 1.807) is 33.5 Å². The van der Waals surface area contributed by atoms with Gasteiger partial charge >= 0.3 is 0 Å². The Kier molecular flexibility index (Phi) is 6.80. The normalized spacial score (nSPS) is 21.5. The fourth-order valence-electron chi connectivity index (χ4n) is 4.25. The van der Waals surface area contributed by atoms with E-state index in [4.69, 9.17) is 14.2 Å². The summed E-state index contributed by atoms with van der Waals surface area (Å²) >= 11 is 0. The molecule has 3 unspecified atom stereocenters. The third-order valence-corrected chi connectivity index (χ3v) is 5.98. The number of methoxy groups -OCH3 is 3. The van der Waals surface area contributed by atoms with Gasteiger partial charge in [-0.15, -0.1) is 0 Å². The predicted octanol–water partition coefficient (Wildman–Crippen LogP) is 4.55. The molecule has 2 aromatic rings. The first-order chi connectivity index (χ1) is 14.0. The molecule has 0 N–H and O–H groups in total. The Bertz CT molecular complexity index is 831. The molecular formula is C24H31NO4. The Labute approximate surface area is 173 Å². The van der Waals surface area contributed by atoms with Crippen LogP contribution in [0.5, 0.6) is 11.5 Å². The van der Waals surface area contributed by atoms with Gasteiger partial charge in [0.2, 0.25) is 0 Å². The minimum atomic E-state index is -0.118. The fraction of sp³-hybridized carbons (Fsp3) is 0.458. The van der Waals surface area contributed by atoms with E-state index in [2.05, 4.69) is 29.2 Å². The van der Waals surface area contributed by atoms with Gasteiger partial charge in [0.25, 0.3) is 0 Å². The third kappa shape index (κ3) is 4.56. The number of carbonyl (C=O) groups is 1. The van der Waals surface area contributed by atoms with Crippen molar-refractivity contribution >= 4 is 11.5 Å². The molecule has 0 saturated heterocycles. The van der Waals surface area contributed by atoms with Crippen LogP contribution in [0, 0.1) is 5.92 Å². The van der Waals surface area contributed by atoms with Crippen LogP contribution in [0.2, 0.25) is 0 Å². The van der Waals surface area contributed by atoms with Crippen molar-refractivity contribution in [3.63, 3.8) is 0 Å². The van der Waals surface area contributed by atoms with Crippen molar-refractivity contribution in [1.29, 1.82) is 0 Å². The quantitative estimate of drug-likeness (QED) is 0.642. The molecule has 1 aliphatic carbocycles. The Morgan fingerprint density at radius 1 is 0.966 bits per heavy atom. The maximum Gasteiger partial charge on any atom is 0.170 e. The van der Waals surface area contributed by atoms with Crippen LogP contribution in [0.1, 0.15) is 41.1 Å². The molecule has 0 radical (unpaired) electrons. The second-order valence-corrected chi connectivity index (χ2v) is 7.80. The highest BCUT2D eigenvalue weighted by molar-refractivity contribution is 6.01. The number of nitrogens with zero attached hydrogens (tertiary/aromatic N) is 1. The molecule has 1 aliphatic rings. The first-order valence-corrected chi connectivity index (χ1v) is 10.0. The van der Waals surface area contributed by atoms with Crippen LogP contribution >= 0.6 is 0 Å². The highest BCUT2D eigenvalue weighted by atomic mass is 16.5. The van der Waals surface area contributed by atoms with E-state index >= 15 is 0 Å². The summed E-state index contributed by atoms with van der Waals surface area (Å²) in [6, 6.07) is 13.9. The molecule has 3 rings (SSSR count). The SMILES string of the molecule is COc1ccc(OC)c(C(=O)C2CCC(OC)CC2c2ccc(N(C)C)cc2)c1. The van der Waals surface area contributed by atoms with Gasteiger partial charge in [-0.1, -0.05) is 12.1 Å². The Morgan fingerprint density at radius 3 is 2.28 bits per heavy atom. The number of hydrogen-bond acceptors (Lipinski definition) is 5. The smallest absolute Gasteiger partial charge is 0.170 e. The van der Waals surface area contributed by atoms with Crippen LogP contribution in [0.4, 0.5) is 5.69 Å². The van der Waals surface area contributed by atoms with Crippen molar-refractivity contribution in [2.24, 2.45) is 5.92 Å². The fourth-order valence-corrected chi connectivity index (χ4v) is 4.25. The van der Waals surface area contributed by atoms with E-state index in [1.165, 1.54) is 5.56 Å². The molecule has 29 heavy (non-hydrogen) atoms. The van der Waals surface area contributed by atoms with Crippen molar-refractivity contribution < 1.29 is 19.0 Å². The Morgan fingerprint density at radius 2 is 1.69 bits per heavy atom. The summed E-state index contributed by atoms with van der Waals surface area (Å²) < 4.78 is 16.5. The average Bonchev–Trinajstić information content (AvgIpc) is 2.77. The zero-order valence-electron chi connectivity index (χ0n) is 18.0. The van der Waals surface area contributed by atoms with Crippen molar-refractivity contribution in [1.82, 2.24) is 0 Å². The first kappa shape index (κ1) is 21.2. The minimum Gasteiger partial charge on any atom is -0.497 e. The summed E-state index contributed by atoms with van der Waals surface area (Å²) in [5.74, 6) is 1.34. The lowest BCUT2D eigenvalue weighted by atomic mass is 9.71. The van der Waals surface area contributed by atoms with E-state index in [9.17, 15) is 4.79 Å². The maximum atomic E-state index is 13.6. The third-order valence-electron chi connectivity index (χ3n) is 5.98. The molecule has 0 bridgehead atoms. The van der Waals surface area contributed by atoms with Crippen molar-refractivity contribution in [2.75, 3.05) is 40.3 Å². The molecule has 1 fully saturated rings. The number of ether oxygens (including phenoxy) is 3. The van der Waals surface area contributed by atoms with Crippen LogP contribution in [0.15, 0.2) is 42.5 Å². The topological polar surface area (TPSA) is 48.0 Å². The van der Waals surface area contributed by atoms with Gasteiger partial charge in [0.05, 0.1) is 25.9 Å². The van der Waals surface area contributed by atoms with Gasteiger partial charge in [0.15, 0.2) is 5.78 Å². The molecule has 0 spiro atoms. The summed E-state index contributed by atoms with van der Waals surface area (Å²) in [4.78, 5) is 15.7. The number of carbonyl (C=O) groups excluding carboxylic acids is 1. The summed E-state index contributed by atoms with van der Waals surface area (Å²) in [5.41, 5.74) is 2.91. The summed E-state index contributed by atoms with van der Waals surface area (Å²) in [6.45, 7) is 0. The maximum absolute atomic E-state index is 13.6. The molecular weight excluding hydrogens is 366 g/mol. The molecule has 5 heteroatoms. The number of benzene rings is 2. The van der Waals surface area contributed by atoms with Gasteiger partial charge in [-0.05, 0) is 61.1 Å². The minimum absolute atomic E-state index is 0.105. The predicted molar refractivity (Wildman–Crippen MR) is 116 cm³/mol. The second-order valence-electron chi connectivity index (χ2n) is 7.80. The largest absolute Gasteiger partial charge is 0.497 e. The monoisotopic (exact) mass is 397 g/mol. The number of ketones is 1. The highest BCUT2D eigenvalue weighted by Gasteiger charge is 2.37. The lowest BCUT2D eigenvalue weighted by Gasteiger charge is -2.35. The summed E-state index contributed by atoms with van der Waals surface area (Å²) in [5, 5.41) is 0. The highest BCUT2D eigenvalue weighted by Crippen LogP contribution is 2.42. The molecule has 1 saturated carbocycles. The zero-order chi connectivity index (χ0) is 21.0. The molecule has 0 heterocycles. The lowest BCUT2D eigenvalue weighted by Crippen LogP contribution is -2.32. The van der Waals surface area contributed by atoms with E-state index in [0.717, 1.165) is 24.9 Å². The average molecular weight is 398 g/mol. The molecule has 3 atom stereocenters. The van der Waals surface area contributed by atoms with Crippen molar-refractivity contribution in [3.8, 4) is 11.5 Å². The van der Waals surface area contributed by atoms with Gasteiger partial charge < -0.3 is 19.1 Å². The Hall–Kier alpha value is -2.53. The van der Waals surface area contributed by atoms with Crippen LogP contribution in [0.25, 0.3) is 0 Å². The van der Waals surface area contributed by atoms with Crippen LogP contribution in [-0.2, 0) is 4.74 Å². The standard InChI is InChI=1S/C24H31NO4/c1-25(2)17-8-6-16(7-9-17)21-14-18(27-3)10-12-20(21)24(26)22-15-19(28-4)11-13-23(22)29-5/h6-9,11,13,15,18,20-21H,10,12,14H2,1-5H3. The molecule has 0 amide bonds. The lowest BCUT2D eigenvalue weighted by molar-refractivity contribution is 0.0430. The van der Waals surface area contributed by atoms with Gasteiger partial charge in [-0.3, -0.25) is 4.79 Å². The van der Waals surface area contributed by atoms with Crippen LogP contribution < -0.4 is 14.4 Å². The van der Waals surface area contributed by atoms with E-state index in [1.807, 2.05) is 20.2 Å². The van der Waals surface area contributed by atoms with Gasteiger partial charge in [0, 0.05) is 32.8 Å². The van der Waals surface area contributed by atoms with Crippen molar-refractivity contribution in [2.45, 2.75) is 31.3 Å². The van der Waals surface area contributed by atoms with E-state index in [-0.39, 0.29) is 23.7 Å². The Balaban J connectivity index is 1.96. The number of anilines is 1. The van der Waals surface area contributed by atoms with E-state index in [0.29, 0.717) is 17.1 Å². The van der Waals surface area contributed by atoms with Crippen LogP contribution in [-0.4, -0.2) is 47.3 Å². The summed E-state index contributed by atoms with van der Waals surface area (Å²) in [6.07, 6.45) is 2.67. The molecule has 156 valence electrons. The second kappa shape index (κ2) is 9.31. The van der Waals surface area contributed by atoms with Gasteiger partial charge in [-0.2, -0.15) is 0 Å². The molecule has 2 aromatic carbocycles. The van der Waals surface area contributed by atoms with E-state index < -0.39 is 0 Å². The molecule has 0 aliphatic heterocycles. The van der Waals surface area contributed by atoms with Gasteiger partial charge in [-0.25, -0.2) is 0 Å². The van der Waals surface area contributed by atoms with Crippen molar-refractivity contribution in [3.05, 3.63) is 53.6 Å². The number of Topliss-reactive ketones (excluding diaryl/α,β-unsaturated/α-hetero) is 1. The molecule has 0 aromatic heterocycles. The molecule has 5 nitrogen and oxygen atoms in total. The zero-order valence-corrected chi connectivity index (χ0v) is 18.0. The van der Waals surface area contributed by atoms with Gasteiger partial charge in [0.1, 0.15) is 11.5 Å². The van der Waals surface area contributed by atoms with Crippen LogP contribution in [0.3, 0.4) is 0 Å². The first-order valence-electron chi connectivity index (χ1n) is 10.0. The summed E-state index contributed by atoms with van der Waals surface area (Å²) in [7, 11) is 9.01.